The van der Waals surface area contributed by atoms with Gasteiger partial charge >= 0.3 is 0 Å². The SMILES string of the molecule is CCC(C(=O)N(CCCOC)CC(=O)Nc1cc(C(C)(C)C)nn1-c1ccccc1C)c1ccccc1. The molecule has 0 spiro atoms. The normalized spacial score (nSPS) is 12.3. The molecule has 0 aliphatic heterocycles. The Hall–Kier alpha value is -3.45. The summed E-state index contributed by atoms with van der Waals surface area (Å²) in [5.74, 6) is -0.0308. The van der Waals surface area contributed by atoms with E-state index in [4.69, 9.17) is 9.84 Å². The van der Waals surface area contributed by atoms with Crippen molar-refractivity contribution in [2.24, 2.45) is 0 Å². The van der Waals surface area contributed by atoms with Gasteiger partial charge < -0.3 is 15.0 Å². The molecule has 1 heterocycles. The van der Waals surface area contributed by atoms with Gasteiger partial charge in [0.15, 0.2) is 0 Å². The molecule has 0 fully saturated rings. The third kappa shape index (κ3) is 7.29. The highest BCUT2D eigenvalue weighted by atomic mass is 16.5. The Balaban J connectivity index is 1.87. The van der Waals surface area contributed by atoms with Crippen LogP contribution in [0.5, 0.6) is 0 Å². The number of benzene rings is 2. The summed E-state index contributed by atoms with van der Waals surface area (Å²) in [5, 5.41) is 7.86. The molecule has 1 N–H and O–H groups in total. The van der Waals surface area contributed by atoms with Gasteiger partial charge in [0.2, 0.25) is 11.8 Å². The van der Waals surface area contributed by atoms with Crippen LogP contribution in [0, 0.1) is 6.92 Å². The maximum absolute atomic E-state index is 13.6. The molecule has 2 aromatic carbocycles. The largest absolute Gasteiger partial charge is 0.385 e. The molecule has 198 valence electrons. The lowest BCUT2D eigenvalue weighted by atomic mass is 9.92. The molecular formula is C30H40N4O3. The molecule has 7 nitrogen and oxygen atoms in total. The number of ether oxygens (including phenoxy) is 1. The number of hydrogen-bond acceptors (Lipinski definition) is 4. The lowest BCUT2D eigenvalue weighted by Crippen LogP contribution is -2.41. The van der Waals surface area contributed by atoms with Crippen molar-refractivity contribution in [2.75, 3.05) is 32.1 Å². The fourth-order valence-corrected chi connectivity index (χ4v) is 4.30. The summed E-state index contributed by atoms with van der Waals surface area (Å²) in [5.41, 5.74) is 3.58. The Kier molecular flexibility index (Phi) is 9.64. The molecular weight excluding hydrogens is 464 g/mol. The zero-order valence-electron chi connectivity index (χ0n) is 23.0. The Morgan fingerprint density at radius 3 is 2.38 bits per heavy atom. The van der Waals surface area contributed by atoms with Crippen molar-refractivity contribution in [3.8, 4) is 5.69 Å². The van der Waals surface area contributed by atoms with Crippen LogP contribution < -0.4 is 5.32 Å². The number of nitrogens with one attached hydrogen (secondary N) is 1. The van der Waals surface area contributed by atoms with Crippen molar-refractivity contribution >= 4 is 17.6 Å². The van der Waals surface area contributed by atoms with Gasteiger partial charge in [-0.15, -0.1) is 0 Å². The third-order valence-electron chi connectivity index (χ3n) is 6.42. The quantitative estimate of drug-likeness (QED) is 0.351. The summed E-state index contributed by atoms with van der Waals surface area (Å²) >= 11 is 0. The standard InChI is InChI=1S/C30H40N4O3/c1-7-24(23-15-9-8-10-16-23)29(36)33(18-13-19-37-6)21-28(35)31-27-20-26(30(3,4)5)32-34(27)25-17-12-11-14-22(25)2/h8-12,14-17,20,24H,7,13,18-19,21H2,1-6H3,(H,31,35). The number of anilines is 1. The highest BCUT2D eigenvalue weighted by Crippen LogP contribution is 2.28. The third-order valence-corrected chi connectivity index (χ3v) is 6.42. The molecule has 0 radical (unpaired) electrons. The van der Waals surface area contributed by atoms with Gasteiger partial charge in [0, 0.05) is 31.7 Å². The number of carbonyl (C=O) groups excluding carboxylic acids is 2. The number of nitrogens with zero attached hydrogens (tertiary/aromatic N) is 3. The summed E-state index contributed by atoms with van der Waals surface area (Å²) in [7, 11) is 1.64. The second-order valence-electron chi connectivity index (χ2n) is 10.4. The first-order chi connectivity index (χ1) is 17.7. The molecule has 37 heavy (non-hydrogen) atoms. The van der Waals surface area contributed by atoms with E-state index in [0.717, 1.165) is 22.5 Å². The monoisotopic (exact) mass is 504 g/mol. The number of rotatable bonds is 11. The van der Waals surface area contributed by atoms with Gasteiger partial charge in [0.05, 0.1) is 23.8 Å². The lowest BCUT2D eigenvalue weighted by Gasteiger charge is -2.27. The number of methoxy groups -OCH3 is 1. The number of carbonyl (C=O) groups is 2. The summed E-state index contributed by atoms with van der Waals surface area (Å²) in [6.07, 6.45) is 1.30. The number of amides is 2. The van der Waals surface area contributed by atoms with Gasteiger partial charge in [0.25, 0.3) is 0 Å². The van der Waals surface area contributed by atoms with Crippen LogP contribution in [0.1, 0.15) is 63.3 Å². The first-order valence-corrected chi connectivity index (χ1v) is 12.9. The van der Waals surface area contributed by atoms with Crippen molar-refractivity contribution in [1.82, 2.24) is 14.7 Å². The molecule has 3 aromatic rings. The van der Waals surface area contributed by atoms with E-state index in [-0.39, 0.29) is 29.7 Å². The van der Waals surface area contributed by atoms with Crippen LogP contribution in [-0.4, -0.2) is 53.3 Å². The number of aromatic nitrogens is 2. The molecule has 0 saturated carbocycles. The Bertz CT molecular complexity index is 1180. The number of para-hydroxylation sites is 1. The fourth-order valence-electron chi connectivity index (χ4n) is 4.30. The van der Waals surface area contributed by atoms with Gasteiger partial charge in [-0.3, -0.25) is 9.59 Å². The van der Waals surface area contributed by atoms with Gasteiger partial charge in [-0.25, -0.2) is 4.68 Å². The van der Waals surface area contributed by atoms with Crippen LogP contribution in [0.25, 0.3) is 5.69 Å². The highest BCUT2D eigenvalue weighted by Gasteiger charge is 2.27. The predicted molar refractivity (Wildman–Crippen MR) is 148 cm³/mol. The van der Waals surface area contributed by atoms with E-state index in [9.17, 15) is 9.59 Å². The molecule has 0 saturated heterocycles. The molecule has 1 aromatic heterocycles. The maximum atomic E-state index is 13.6. The Morgan fingerprint density at radius 2 is 1.76 bits per heavy atom. The lowest BCUT2D eigenvalue weighted by molar-refractivity contribution is -0.136. The molecule has 7 heteroatoms. The van der Waals surface area contributed by atoms with Crippen LogP contribution in [0.2, 0.25) is 0 Å². The van der Waals surface area contributed by atoms with E-state index in [1.54, 1.807) is 16.7 Å². The van der Waals surface area contributed by atoms with E-state index in [2.05, 4.69) is 26.1 Å². The van der Waals surface area contributed by atoms with Crippen molar-refractivity contribution in [3.63, 3.8) is 0 Å². The van der Waals surface area contributed by atoms with Crippen molar-refractivity contribution in [3.05, 3.63) is 77.5 Å². The maximum Gasteiger partial charge on any atom is 0.245 e. The van der Waals surface area contributed by atoms with E-state index in [1.165, 1.54) is 0 Å². The predicted octanol–water partition coefficient (Wildman–Crippen LogP) is 5.48. The van der Waals surface area contributed by atoms with Gasteiger partial charge in [0.1, 0.15) is 5.82 Å². The zero-order chi connectivity index (χ0) is 27.0. The van der Waals surface area contributed by atoms with Crippen molar-refractivity contribution in [2.45, 2.75) is 58.8 Å². The minimum absolute atomic E-state index is 0.0459. The van der Waals surface area contributed by atoms with Crippen LogP contribution in [0.3, 0.4) is 0 Å². The van der Waals surface area contributed by atoms with E-state index in [1.807, 2.05) is 74.5 Å². The molecule has 0 aliphatic carbocycles. The van der Waals surface area contributed by atoms with Crippen molar-refractivity contribution < 1.29 is 14.3 Å². The van der Waals surface area contributed by atoms with Gasteiger partial charge in [-0.1, -0.05) is 76.2 Å². The molecule has 3 rings (SSSR count). The van der Waals surface area contributed by atoms with Crippen LogP contribution in [0.4, 0.5) is 5.82 Å². The second kappa shape index (κ2) is 12.7. The van der Waals surface area contributed by atoms with Gasteiger partial charge in [-0.2, -0.15) is 5.10 Å². The minimum atomic E-state index is -0.304. The topological polar surface area (TPSA) is 76.5 Å². The van der Waals surface area contributed by atoms with E-state index < -0.39 is 0 Å². The summed E-state index contributed by atoms with van der Waals surface area (Å²) in [6.45, 7) is 11.2. The smallest absolute Gasteiger partial charge is 0.245 e. The first kappa shape index (κ1) is 28.1. The summed E-state index contributed by atoms with van der Waals surface area (Å²) in [4.78, 5) is 28.6. The molecule has 0 aliphatic rings. The molecule has 1 unspecified atom stereocenters. The minimum Gasteiger partial charge on any atom is -0.385 e. The zero-order valence-corrected chi connectivity index (χ0v) is 23.0. The van der Waals surface area contributed by atoms with Crippen LogP contribution in [-0.2, 0) is 19.7 Å². The number of hydrogen-bond donors (Lipinski definition) is 1. The Labute approximate surface area is 220 Å². The summed E-state index contributed by atoms with van der Waals surface area (Å²) in [6, 6.07) is 19.6. The fraction of sp³-hybridized carbons (Fsp3) is 0.433. The van der Waals surface area contributed by atoms with E-state index in [0.29, 0.717) is 31.8 Å². The van der Waals surface area contributed by atoms with Crippen LogP contribution >= 0.6 is 0 Å². The Morgan fingerprint density at radius 1 is 1.08 bits per heavy atom. The molecule has 0 bridgehead atoms. The average molecular weight is 505 g/mol. The summed E-state index contributed by atoms with van der Waals surface area (Å²) < 4.78 is 6.99. The molecule has 1 atom stereocenters. The first-order valence-electron chi connectivity index (χ1n) is 12.9. The average Bonchev–Trinajstić information content (AvgIpc) is 3.29. The second-order valence-corrected chi connectivity index (χ2v) is 10.4. The van der Waals surface area contributed by atoms with Crippen molar-refractivity contribution in [1.29, 1.82) is 0 Å². The van der Waals surface area contributed by atoms with Crippen LogP contribution in [0.15, 0.2) is 60.7 Å². The molecule has 2 amide bonds. The van der Waals surface area contributed by atoms with Gasteiger partial charge in [-0.05, 0) is 37.0 Å². The van der Waals surface area contributed by atoms with E-state index >= 15 is 0 Å². The number of aryl methyl sites for hydroxylation is 1. The highest BCUT2D eigenvalue weighted by molar-refractivity contribution is 5.95.